The van der Waals surface area contributed by atoms with Gasteiger partial charge in [-0.2, -0.15) is 0 Å². The van der Waals surface area contributed by atoms with Crippen LogP contribution in [0.15, 0.2) is 0 Å². The molecule has 2 amide bonds. The van der Waals surface area contributed by atoms with E-state index in [1.165, 1.54) is 0 Å². The zero-order chi connectivity index (χ0) is 15.6. The van der Waals surface area contributed by atoms with E-state index in [2.05, 4.69) is 5.32 Å². The van der Waals surface area contributed by atoms with Crippen LogP contribution in [0.25, 0.3) is 0 Å². The van der Waals surface area contributed by atoms with Gasteiger partial charge in [0, 0.05) is 33.2 Å². The number of piperidine rings is 1. The van der Waals surface area contributed by atoms with Gasteiger partial charge in [0.2, 0.25) is 10.0 Å². The Morgan fingerprint density at radius 2 is 1.67 bits per heavy atom. The SMILES string of the molecule is CNC(=O)N1CCC(C2CCN(S(=O)(=O)C(C)C)C2)CC1. The minimum Gasteiger partial charge on any atom is -0.341 e. The van der Waals surface area contributed by atoms with Gasteiger partial charge in [0.05, 0.1) is 5.25 Å². The summed E-state index contributed by atoms with van der Waals surface area (Å²) in [7, 11) is -1.46. The fourth-order valence-electron chi connectivity index (χ4n) is 3.40. The Hall–Kier alpha value is -0.820. The Morgan fingerprint density at radius 1 is 1.10 bits per heavy atom. The van der Waals surface area contributed by atoms with Crippen molar-refractivity contribution in [1.82, 2.24) is 14.5 Å². The number of rotatable bonds is 3. The van der Waals surface area contributed by atoms with Crippen LogP contribution in [-0.2, 0) is 10.0 Å². The summed E-state index contributed by atoms with van der Waals surface area (Å²) in [6.45, 7) is 6.34. The first-order valence-electron chi connectivity index (χ1n) is 7.82. The van der Waals surface area contributed by atoms with E-state index >= 15 is 0 Å². The third-order valence-corrected chi connectivity index (χ3v) is 7.09. The Morgan fingerprint density at radius 3 is 2.19 bits per heavy atom. The number of carbonyl (C=O) groups is 1. The van der Waals surface area contributed by atoms with E-state index in [-0.39, 0.29) is 11.3 Å². The average molecular weight is 317 g/mol. The van der Waals surface area contributed by atoms with Crippen molar-refractivity contribution in [2.24, 2.45) is 11.8 Å². The minimum absolute atomic E-state index is 0.0103. The van der Waals surface area contributed by atoms with Crippen molar-refractivity contribution in [3.05, 3.63) is 0 Å². The molecular weight excluding hydrogens is 290 g/mol. The van der Waals surface area contributed by atoms with Crippen LogP contribution in [-0.4, -0.2) is 62.1 Å². The van der Waals surface area contributed by atoms with E-state index in [0.717, 1.165) is 32.4 Å². The minimum atomic E-state index is -3.12. The van der Waals surface area contributed by atoms with Gasteiger partial charge in [-0.05, 0) is 44.9 Å². The maximum absolute atomic E-state index is 12.2. The highest BCUT2D eigenvalue weighted by Crippen LogP contribution is 2.33. The van der Waals surface area contributed by atoms with Crippen LogP contribution in [0, 0.1) is 11.8 Å². The summed E-state index contributed by atoms with van der Waals surface area (Å²) in [5.41, 5.74) is 0. The van der Waals surface area contributed by atoms with Gasteiger partial charge in [-0.15, -0.1) is 0 Å². The molecule has 1 N–H and O–H groups in total. The zero-order valence-corrected chi connectivity index (χ0v) is 14.0. The van der Waals surface area contributed by atoms with E-state index in [1.807, 2.05) is 4.90 Å². The molecule has 0 spiro atoms. The fourth-order valence-corrected chi connectivity index (χ4v) is 4.76. The maximum Gasteiger partial charge on any atom is 0.317 e. The molecule has 2 saturated heterocycles. The second-order valence-corrected chi connectivity index (χ2v) is 8.87. The van der Waals surface area contributed by atoms with Crippen LogP contribution >= 0.6 is 0 Å². The lowest BCUT2D eigenvalue weighted by Crippen LogP contribution is -2.44. The monoisotopic (exact) mass is 317 g/mol. The lowest BCUT2D eigenvalue weighted by Gasteiger charge is -2.34. The highest BCUT2D eigenvalue weighted by molar-refractivity contribution is 7.89. The molecule has 0 bridgehead atoms. The second-order valence-electron chi connectivity index (χ2n) is 6.38. The smallest absolute Gasteiger partial charge is 0.317 e. The molecular formula is C14H27N3O3S. The van der Waals surface area contributed by atoms with Gasteiger partial charge in [-0.1, -0.05) is 0 Å². The third-order valence-electron chi connectivity index (χ3n) is 4.85. The molecule has 0 aromatic carbocycles. The number of hydrogen-bond donors (Lipinski definition) is 1. The van der Waals surface area contributed by atoms with E-state index in [1.54, 1.807) is 25.2 Å². The van der Waals surface area contributed by atoms with Gasteiger partial charge in [0.15, 0.2) is 0 Å². The summed E-state index contributed by atoms with van der Waals surface area (Å²) in [6, 6.07) is -0.0103. The van der Waals surface area contributed by atoms with Gasteiger partial charge in [0.25, 0.3) is 0 Å². The highest BCUT2D eigenvalue weighted by Gasteiger charge is 2.37. The molecule has 2 aliphatic heterocycles. The van der Waals surface area contributed by atoms with Gasteiger partial charge < -0.3 is 10.2 Å². The number of urea groups is 1. The number of hydrogen-bond acceptors (Lipinski definition) is 3. The van der Waals surface area contributed by atoms with Crippen LogP contribution in [0.1, 0.15) is 33.1 Å². The summed E-state index contributed by atoms with van der Waals surface area (Å²) in [5, 5.41) is 2.32. The first-order valence-corrected chi connectivity index (χ1v) is 9.32. The Balaban J connectivity index is 1.88. The molecule has 0 aliphatic carbocycles. The Kier molecular flexibility index (Phi) is 5.14. The number of likely N-dealkylation sites (tertiary alicyclic amines) is 1. The summed E-state index contributed by atoms with van der Waals surface area (Å²) < 4.78 is 26.1. The summed E-state index contributed by atoms with van der Waals surface area (Å²) in [6.07, 6.45) is 2.91. The quantitative estimate of drug-likeness (QED) is 0.847. The summed E-state index contributed by atoms with van der Waals surface area (Å²) >= 11 is 0. The van der Waals surface area contributed by atoms with Crippen molar-refractivity contribution >= 4 is 16.1 Å². The number of sulfonamides is 1. The molecule has 2 fully saturated rings. The molecule has 0 radical (unpaired) electrons. The van der Waals surface area contributed by atoms with Crippen LogP contribution in [0.3, 0.4) is 0 Å². The standard InChI is InChI=1S/C14H27N3O3S/c1-11(2)21(19,20)17-9-6-13(10-17)12-4-7-16(8-5-12)14(18)15-3/h11-13H,4-10H2,1-3H3,(H,15,18). The van der Waals surface area contributed by atoms with Gasteiger partial charge in [-0.25, -0.2) is 17.5 Å². The molecule has 0 saturated carbocycles. The molecule has 1 atom stereocenters. The van der Waals surface area contributed by atoms with Crippen molar-refractivity contribution < 1.29 is 13.2 Å². The molecule has 6 nitrogen and oxygen atoms in total. The van der Waals surface area contributed by atoms with E-state index in [9.17, 15) is 13.2 Å². The lowest BCUT2D eigenvalue weighted by molar-refractivity contribution is 0.153. The molecule has 122 valence electrons. The first-order chi connectivity index (χ1) is 9.86. The van der Waals surface area contributed by atoms with Crippen LogP contribution in [0.2, 0.25) is 0 Å². The normalized spacial score (nSPS) is 25.5. The molecule has 2 rings (SSSR count). The van der Waals surface area contributed by atoms with E-state index in [4.69, 9.17) is 0 Å². The van der Waals surface area contributed by atoms with Crippen LogP contribution in [0.4, 0.5) is 4.79 Å². The topological polar surface area (TPSA) is 69.7 Å². The largest absolute Gasteiger partial charge is 0.341 e. The Bertz CT molecular complexity index is 470. The van der Waals surface area contributed by atoms with Crippen LogP contribution < -0.4 is 5.32 Å². The molecule has 2 aliphatic rings. The second kappa shape index (κ2) is 6.52. The average Bonchev–Trinajstić information content (AvgIpc) is 2.97. The number of nitrogens with one attached hydrogen (secondary N) is 1. The molecule has 1 unspecified atom stereocenters. The van der Waals surface area contributed by atoms with E-state index in [0.29, 0.717) is 24.9 Å². The zero-order valence-electron chi connectivity index (χ0n) is 13.2. The number of carbonyl (C=O) groups excluding carboxylic acids is 1. The molecule has 0 aromatic rings. The first kappa shape index (κ1) is 16.5. The van der Waals surface area contributed by atoms with E-state index < -0.39 is 10.0 Å². The van der Waals surface area contributed by atoms with Crippen molar-refractivity contribution in [2.75, 3.05) is 33.2 Å². The van der Waals surface area contributed by atoms with Gasteiger partial charge >= 0.3 is 6.03 Å². The van der Waals surface area contributed by atoms with Gasteiger partial charge in [0.1, 0.15) is 0 Å². The fraction of sp³-hybridized carbons (Fsp3) is 0.929. The van der Waals surface area contributed by atoms with Crippen molar-refractivity contribution in [3.8, 4) is 0 Å². The summed E-state index contributed by atoms with van der Waals surface area (Å²) in [4.78, 5) is 13.4. The predicted molar refractivity (Wildman–Crippen MR) is 82.5 cm³/mol. The summed E-state index contributed by atoms with van der Waals surface area (Å²) in [5.74, 6) is 0.989. The number of nitrogens with zero attached hydrogens (tertiary/aromatic N) is 2. The predicted octanol–water partition coefficient (Wildman–Crippen LogP) is 1.10. The highest BCUT2D eigenvalue weighted by atomic mass is 32.2. The maximum atomic E-state index is 12.2. The molecule has 21 heavy (non-hydrogen) atoms. The van der Waals surface area contributed by atoms with Crippen molar-refractivity contribution in [2.45, 2.75) is 38.4 Å². The van der Waals surface area contributed by atoms with Crippen molar-refractivity contribution in [1.29, 1.82) is 0 Å². The third kappa shape index (κ3) is 3.51. The number of amides is 2. The molecule has 7 heteroatoms. The van der Waals surface area contributed by atoms with Crippen molar-refractivity contribution in [3.63, 3.8) is 0 Å². The Labute approximate surface area is 127 Å². The molecule has 2 heterocycles. The van der Waals surface area contributed by atoms with Crippen LogP contribution in [0.5, 0.6) is 0 Å². The van der Waals surface area contributed by atoms with Gasteiger partial charge in [-0.3, -0.25) is 0 Å². The lowest BCUT2D eigenvalue weighted by atomic mass is 9.84. The molecule has 0 aromatic heterocycles.